The second kappa shape index (κ2) is 10.5. The van der Waals surface area contributed by atoms with E-state index in [1.54, 1.807) is 24.8 Å². The monoisotopic (exact) mass is 516 g/mol. The standard InChI is InChI=1S/C26H25FO8S/c1-12-17(9-13-3-6-15(36-2)7-4-13)16-8-5-14(27)10-19(16)18(12)11-20(28)34-26-23(31)21(29)22(30)24(35-26)25(32)33/h3-10,21-24,26,29-31H,11H2,1-2H3,(H,32,33)/b17-9-. The number of esters is 1. The van der Waals surface area contributed by atoms with Crippen molar-refractivity contribution in [2.24, 2.45) is 0 Å². The van der Waals surface area contributed by atoms with Gasteiger partial charge < -0.3 is 29.9 Å². The maximum absolute atomic E-state index is 14.1. The number of carbonyl (C=O) groups is 2. The van der Waals surface area contributed by atoms with Crippen molar-refractivity contribution < 1.29 is 43.9 Å². The highest BCUT2D eigenvalue weighted by Gasteiger charge is 2.48. The smallest absolute Gasteiger partial charge is 0.335 e. The third kappa shape index (κ3) is 5.09. The molecule has 1 saturated heterocycles. The summed E-state index contributed by atoms with van der Waals surface area (Å²) in [5.41, 5.74) is 4.22. The van der Waals surface area contributed by atoms with Gasteiger partial charge in [-0.2, -0.15) is 0 Å². The summed E-state index contributed by atoms with van der Waals surface area (Å²) in [6, 6.07) is 12.2. The lowest BCUT2D eigenvalue weighted by Gasteiger charge is -2.38. The van der Waals surface area contributed by atoms with Crippen LogP contribution in [0.25, 0.3) is 17.2 Å². The van der Waals surface area contributed by atoms with Crippen molar-refractivity contribution in [3.63, 3.8) is 0 Å². The number of rotatable bonds is 6. The van der Waals surface area contributed by atoms with Gasteiger partial charge in [-0.3, -0.25) is 4.79 Å². The fourth-order valence-corrected chi connectivity index (χ4v) is 4.72. The molecule has 0 radical (unpaired) electrons. The van der Waals surface area contributed by atoms with Gasteiger partial charge in [0.2, 0.25) is 6.29 Å². The summed E-state index contributed by atoms with van der Waals surface area (Å²) >= 11 is 1.62. The number of carboxylic acid groups (broad SMARTS) is 1. The summed E-state index contributed by atoms with van der Waals surface area (Å²) in [5, 5.41) is 39.1. The maximum atomic E-state index is 14.1. The van der Waals surface area contributed by atoms with Crippen molar-refractivity contribution in [3.05, 3.63) is 70.5 Å². The Morgan fingerprint density at radius 3 is 2.39 bits per heavy atom. The van der Waals surface area contributed by atoms with E-state index in [0.29, 0.717) is 11.1 Å². The number of fused-ring (bicyclic) bond motifs is 1. The van der Waals surface area contributed by atoms with Crippen LogP contribution < -0.4 is 0 Å². The number of benzene rings is 2. The van der Waals surface area contributed by atoms with Crippen LogP contribution in [0.2, 0.25) is 0 Å². The summed E-state index contributed by atoms with van der Waals surface area (Å²) < 4.78 is 24.3. The highest BCUT2D eigenvalue weighted by molar-refractivity contribution is 7.98. The number of ether oxygens (including phenoxy) is 2. The predicted molar refractivity (Wildman–Crippen MR) is 130 cm³/mol. The molecule has 2 aromatic carbocycles. The van der Waals surface area contributed by atoms with E-state index >= 15 is 0 Å². The van der Waals surface area contributed by atoms with Crippen molar-refractivity contribution in [1.82, 2.24) is 0 Å². The lowest BCUT2D eigenvalue weighted by atomic mass is 9.99. The summed E-state index contributed by atoms with van der Waals surface area (Å²) in [7, 11) is 0. The maximum Gasteiger partial charge on any atom is 0.335 e. The zero-order valence-electron chi connectivity index (χ0n) is 19.4. The summed E-state index contributed by atoms with van der Waals surface area (Å²) in [6.07, 6.45) is -5.76. The molecule has 1 fully saturated rings. The Balaban J connectivity index is 1.60. The van der Waals surface area contributed by atoms with Crippen molar-refractivity contribution in [2.45, 2.75) is 48.9 Å². The van der Waals surface area contributed by atoms with Crippen LogP contribution in [0.15, 0.2) is 52.9 Å². The van der Waals surface area contributed by atoms with Crippen LogP contribution in [0, 0.1) is 5.82 Å². The second-order valence-electron chi connectivity index (χ2n) is 8.53. The van der Waals surface area contributed by atoms with E-state index in [4.69, 9.17) is 9.47 Å². The Bertz CT molecular complexity index is 1240. The quantitative estimate of drug-likeness (QED) is 0.338. The van der Waals surface area contributed by atoms with Gasteiger partial charge in [0.1, 0.15) is 24.1 Å². The van der Waals surface area contributed by atoms with E-state index in [0.717, 1.165) is 27.2 Å². The van der Waals surface area contributed by atoms with Crippen LogP contribution >= 0.6 is 11.8 Å². The number of hydrogen-bond donors (Lipinski definition) is 4. The van der Waals surface area contributed by atoms with Gasteiger partial charge >= 0.3 is 11.9 Å². The molecule has 0 saturated carbocycles. The molecule has 2 aromatic rings. The van der Waals surface area contributed by atoms with Crippen LogP contribution in [0.3, 0.4) is 0 Å². The summed E-state index contributed by atoms with van der Waals surface area (Å²) in [5.74, 6) is -2.96. The highest BCUT2D eigenvalue weighted by atomic mass is 32.2. The van der Waals surface area contributed by atoms with E-state index in [2.05, 4.69) is 0 Å². The molecule has 190 valence electrons. The number of aliphatic hydroxyl groups is 3. The molecule has 8 nitrogen and oxygen atoms in total. The first-order valence-electron chi connectivity index (χ1n) is 11.1. The number of aliphatic carboxylic acids is 1. The highest BCUT2D eigenvalue weighted by Crippen LogP contribution is 2.44. The predicted octanol–water partition coefficient (Wildman–Crippen LogP) is 2.70. The van der Waals surface area contributed by atoms with E-state index in [1.165, 1.54) is 12.1 Å². The molecule has 0 amide bonds. The molecule has 2 aliphatic rings. The van der Waals surface area contributed by atoms with Gasteiger partial charge in [-0.25, -0.2) is 9.18 Å². The molecule has 4 rings (SSSR count). The van der Waals surface area contributed by atoms with Gasteiger partial charge in [0.25, 0.3) is 0 Å². The number of carbonyl (C=O) groups excluding carboxylic acids is 1. The zero-order chi connectivity index (χ0) is 26.1. The first-order valence-corrected chi connectivity index (χ1v) is 12.3. The van der Waals surface area contributed by atoms with Gasteiger partial charge in [0.05, 0.1) is 6.42 Å². The SMILES string of the molecule is CSc1ccc(/C=C2/C(C)=C(CC(=O)OC3OC(C(=O)O)C(O)C(O)C3O)c3cc(F)ccc32)cc1. The largest absolute Gasteiger partial charge is 0.479 e. The molecular weight excluding hydrogens is 491 g/mol. The van der Waals surface area contributed by atoms with Crippen LogP contribution in [-0.4, -0.2) is 69.3 Å². The summed E-state index contributed by atoms with van der Waals surface area (Å²) in [4.78, 5) is 25.2. The molecule has 1 heterocycles. The number of carboxylic acids is 1. The fraction of sp³-hybridized carbons (Fsp3) is 0.308. The van der Waals surface area contributed by atoms with E-state index in [9.17, 15) is 34.4 Å². The fourth-order valence-electron chi connectivity index (χ4n) is 4.31. The molecule has 36 heavy (non-hydrogen) atoms. The molecule has 5 atom stereocenters. The molecule has 1 aliphatic heterocycles. The molecule has 10 heteroatoms. The lowest BCUT2D eigenvalue weighted by Crippen LogP contribution is -2.60. The Hall–Kier alpha value is -3.02. The molecule has 0 bridgehead atoms. The number of halogens is 1. The van der Waals surface area contributed by atoms with Gasteiger partial charge in [0.15, 0.2) is 6.10 Å². The Morgan fingerprint density at radius 2 is 1.75 bits per heavy atom. The van der Waals surface area contributed by atoms with E-state index in [-0.39, 0.29) is 6.42 Å². The number of thioether (sulfide) groups is 1. The first kappa shape index (κ1) is 26.1. The Labute approximate surface area is 210 Å². The average Bonchev–Trinajstić information content (AvgIpc) is 3.09. The van der Waals surface area contributed by atoms with Gasteiger partial charge in [-0.15, -0.1) is 11.8 Å². The van der Waals surface area contributed by atoms with Gasteiger partial charge in [-0.05, 0) is 76.9 Å². The van der Waals surface area contributed by atoms with Gasteiger partial charge in [0, 0.05) is 4.90 Å². The normalized spacial score (nSPS) is 26.7. The third-order valence-corrected chi connectivity index (χ3v) is 7.01. The molecule has 0 aromatic heterocycles. The zero-order valence-corrected chi connectivity index (χ0v) is 20.2. The molecule has 1 aliphatic carbocycles. The van der Waals surface area contributed by atoms with Crippen LogP contribution in [-0.2, 0) is 19.1 Å². The molecule has 0 spiro atoms. The average molecular weight is 517 g/mol. The van der Waals surface area contributed by atoms with Crippen LogP contribution in [0.5, 0.6) is 0 Å². The van der Waals surface area contributed by atoms with Crippen molar-refractivity contribution >= 4 is 40.9 Å². The first-order chi connectivity index (χ1) is 17.1. The van der Waals surface area contributed by atoms with E-state index in [1.807, 2.05) is 36.6 Å². The van der Waals surface area contributed by atoms with Crippen molar-refractivity contribution in [1.29, 1.82) is 0 Å². The minimum Gasteiger partial charge on any atom is -0.479 e. The van der Waals surface area contributed by atoms with Crippen molar-refractivity contribution in [2.75, 3.05) is 6.26 Å². The number of aliphatic hydroxyl groups excluding tert-OH is 3. The van der Waals surface area contributed by atoms with E-state index < -0.39 is 48.5 Å². The molecule has 5 unspecified atom stereocenters. The Kier molecular flexibility index (Phi) is 7.62. The number of hydrogen-bond acceptors (Lipinski definition) is 8. The van der Waals surface area contributed by atoms with Gasteiger partial charge in [-0.1, -0.05) is 18.2 Å². The molecular formula is C26H25FO8S. The Morgan fingerprint density at radius 1 is 1.06 bits per heavy atom. The lowest BCUT2D eigenvalue weighted by molar-refractivity contribution is -0.286. The second-order valence-corrected chi connectivity index (χ2v) is 9.41. The van der Waals surface area contributed by atoms with Crippen LogP contribution in [0.1, 0.15) is 30.0 Å². The minimum absolute atomic E-state index is 0.325. The topological polar surface area (TPSA) is 134 Å². The third-order valence-electron chi connectivity index (χ3n) is 6.26. The summed E-state index contributed by atoms with van der Waals surface area (Å²) in [6.45, 7) is 1.80. The van der Waals surface area contributed by atoms with Crippen LogP contribution in [0.4, 0.5) is 4.39 Å². The number of allylic oxidation sites excluding steroid dienone is 2. The minimum atomic E-state index is -1.90. The van der Waals surface area contributed by atoms with Crippen molar-refractivity contribution in [3.8, 4) is 0 Å². The molecule has 4 N–H and O–H groups in total.